The minimum absolute atomic E-state index is 0.0981. The molecule has 3 N–H and O–H groups in total. The van der Waals surface area contributed by atoms with Crippen molar-refractivity contribution in [2.24, 2.45) is 5.92 Å². The second-order valence-corrected chi connectivity index (χ2v) is 13.4. The number of sulfonamides is 1. The summed E-state index contributed by atoms with van der Waals surface area (Å²) in [5, 5.41) is 0. The Morgan fingerprint density at radius 1 is 1.05 bits per heavy atom. The van der Waals surface area contributed by atoms with Crippen LogP contribution in [0.3, 0.4) is 0 Å². The zero-order valence-corrected chi connectivity index (χ0v) is 25.7. The van der Waals surface area contributed by atoms with Crippen LogP contribution in [0.5, 0.6) is 5.75 Å². The van der Waals surface area contributed by atoms with E-state index in [0.717, 1.165) is 42.9 Å². The van der Waals surface area contributed by atoms with E-state index >= 15 is 0 Å². The third-order valence-corrected chi connectivity index (χ3v) is 10.2. The largest absolute Gasteiger partial charge is 0.488 e. The van der Waals surface area contributed by atoms with Crippen LogP contribution in [0, 0.1) is 5.92 Å². The summed E-state index contributed by atoms with van der Waals surface area (Å²) in [7, 11) is -3.85. The Bertz CT molecular complexity index is 1820. The highest BCUT2D eigenvalue weighted by molar-refractivity contribution is 7.92. The summed E-state index contributed by atoms with van der Waals surface area (Å²) in [5.74, 6) is 1.45. The smallest absolute Gasteiger partial charge is 0.330 e. The van der Waals surface area contributed by atoms with Gasteiger partial charge in [0.05, 0.1) is 17.1 Å². The van der Waals surface area contributed by atoms with E-state index in [1.165, 1.54) is 42.4 Å². The molecular weight excluding hydrogens is 578 g/mol. The monoisotopic (exact) mass is 617 g/mol. The number of aromatic nitrogens is 3. The van der Waals surface area contributed by atoms with Crippen molar-refractivity contribution in [1.82, 2.24) is 14.5 Å². The van der Waals surface area contributed by atoms with Crippen LogP contribution >= 0.6 is 0 Å². The van der Waals surface area contributed by atoms with Crippen LogP contribution in [0.25, 0.3) is 5.69 Å². The molecule has 6 rings (SSSR count). The van der Waals surface area contributed by atoms with Gasteiger partial charge in [-0.2, -0.15) is 0 Å². The van der Waals surface area contributed by atoms with E-state index in [4.69, 9.17) is 4.74 Å². The molecule has 2 aromatic heterocycles. The second-order valence-electron chi connectivity index (χ2n) is 11.8. The Morgan fingerprint density at radius 3 is 2.59 bits per heavy atom. The van der Waals surface area contributed by atoms with Gasteiger partial charge in [0.25, 0.3) is 15.6 Å². The number of hydrogen-bond acceptors (Lipinski definition) is 6. The van der Waals surface area contributed by atoms with Gasteiger partial charge in [-0.1, -0.05) is 25.7 Å². The van der Waals surface area contributed by atoms with Gasteiger partial charge in [-0.05, 0) is 98.7 Å². The normalized spacial score (nSPS) is 16.8. The van der Waals surface area contributed by atoms with Crippen molar-refractivity contribution in [3.05, 3.63) is 99.1 Å². The third kappa shape index (κ3) is 6.62. The fourth-order valence-electron chi connectivity index (χ4n) is 6.36. The third-order valence-electron chi connectivity index (χ3n) is 8.78. The Hall–Kier alpha value is -4.25. The van der Waals surface area contributed by atoms with Crippen LogP contribution in [0.2, 0.25) is 0 Å². The number of ether oxygens (including phenoxy) is 1. The van der Waals surface area contributed by atoms with Gasteiger partial charge in [-0.3, -0.25) is 14.1 Å². The summed E-state index contributed by atoms with van der Waals surface area (Å²) in [4.78, 5) is 32.6. The summed E-state index contributed by atoms with van der Waals surface area (Å²) < 4.78 is 36.9. The van der Waals surface area contributed by atoms with Crippen molar-refractivity contribution >= 4 is 21.4 Å². The average molecular weight is 618 g/mol. The molecule has 44 heavy (non-hydrogen) atoms. The van der Waals surface area contributed by atoms with Crippen LogP contribution in [0.15, 0.2) is 81.5 Å². The highest BCUT2D eigenvalue weighted by Crippen LogP contribution is 2.32. The number of aromatic amines is 2. The molecule has 0 saturated heterocycles. The van der Waals surface area contributed by atoms with Crippen LogP contribution < -0.4 is 25.6 Å². The van der Waals surface area contributed by atoms with E-state index in [0.29, 0.717) is 35.9 Å². The average Bonchev–Trinajstić information content (AvgIpc) is 3.68. The predicted molar refractivity (Wildman–Crippen MR) is 172 cm³/mol. The Labute approximate surface area is 257 Å². The number of aryl methyl sites for hydroxylation is 2. The first-order valence-electron chi connectivity index (χ1n) is 15.4. The molecule has 1 aliphatic carbocycles. The minimum Gasteiger partial charge on any atom is -0.488 e. The lowest BCUT2D eigenvalue weighted by Gasteiger charge is -2.31. The van der Waals surface area contributed by atoms with Crippen LogP contribution in [-0.4, -0.2) is 42.1 Å². The maximum absolute atomic E-state index is 13.2. The molecule has 0 spiro atoms. The molecule has 1 saturated carbocycles. The van der Waals surface area contributed by atoms with Gasteiger partial charge in [0.15, 0.2) is 0 Å². The molecule has 1 fully saturated rings. The van der Waals surface area contributed by atoms with Crippen LogP contribution in [0.4, 0.5) is 11.4 Å². The van der Waals surface area contributed by atoms with E-state index in [2.05, 4.69) is 14.7 Å². The summed E-state index contributed by atoms with van der Waals surface area (Å²) in [6.07, 6.45) is 11.9. The minimum atomic E-state index is -3.85. The predicted octanol–water partition coefficient (Wildman–Crippen LogP) is 5.00. The van der Waals surface area contributed by atoms with Gasteiger partial charge in [-0.25, -0.2) is 13.2 Å². The molecule has 1 atom stereocenters. The van der Waals surface area contributed by atoms with Crippen LogP contribution in [-0.2, 0) is 22.9 Å². The fourth-order valence-corrected chi connectivity index (χ4v) is 7.41. The van der Waals surface area contributed by atoms with Gasteiger partial charge in [0, 0.05) is 30.3 Å². The summed E-state index contributed by atoms with van der Waals surface area (Å²) >= 11 is 0. The van der Waals surface area contributed by atoms with Gasteiger partial charge < -0.3 is 19.6 Å². The molecule has 0 amide bonds. The first-order chi connectivity index (χ1) is 21.3. The first-order valence-corrected chi connectivity index (χ1v) is 16.9. The molecule has 10 nitrogen and oxygen atoms in total. The molecular formula is C33H39N5O5S. The molecule has 2 aliphatic rings. The Balaban J connectivity index is 1.09. The number of anilines is 2. The van der Waals surface area contributed by atoms with Crippen LogP contribution in [0.1, 0.15) is 56.7 Å². The van der Waals surface area contributed by atoms with Crippen molar-refractivity contribution in [3.63, 3.8) is 0 Å². The lowest BCUT2D eigenvalue weighted by Crippen LogP contribution is -2.39. The Kier molecular flexibility index (Phi) is 8.65. The van der Waals surface area contributed by atoms with Crippen molar-refractivity contribution in [2.45, 2.75) is 69.3 Å². The SMILES string of the molecule is CCN(CC1CCc2cc(NS(=O)(=O)c3ccc(-n4cc(CCC5CCCC5)[nH]c4=O)cc3)ccc2O1)c1ccc[nH]c1=O. The van der Waals surface area contributed by atoms with Crippen molar-refractivity contribution in [3.8, 4) is 11.4 Å². The zero-order chi connectivity index (χ0) is 30.7. The number of pyridine rings is 1. The molecule has 11 heteroatoms. The molecule has 4 aromatic rings. The number of rotatable bonds is 11. The molecule has 1 aliphatic heterocycles. The zero-order valence-electron chi connectivity index (χ0n) is 24.9. The number of benzene rings is 2. The number of H-pyrrole nitrogens is 2. The summed E-state index contributed by atoms with van der Waals surface area (Å²) in [5.41, 5.74) is 3.14. The molecule has 0 bridgehead atoms. The lowest BCUT2D eigenvalue weighted by atomic mass is 10.0. The van der Waals surface area contributed by atoms with Crippen molar-refractivity contribution < 1.29 is 13.2 Å². The molecule has 1 unspecified atom stereocenters. The van der Waals surface area contributed by atoms with Gasteiger partial charge in [0.2, 0.25) is 0 Å². The van der Waals surface area contributed by atoms with Gasteiger partial charge in [-0.15, -0.1) is 0 Å². The summed E-state index contributed by atoms with van der Waals surface area (Å²) in [6, 6.07) is 15.2. The van der Waals surface area contributed by atoms with E-state index in [1.54, 1.807) is 36.5 Å². The molecule has 2 aromatic carbocycles. The fraction of sp³-hybridized carbons (Fsp3) is 0.394. The highest BCUT2D eigenvalue weighted by atomic mass is 32.2. The highest BCUT2D eigenvalue weighted by Gasteiger charge is 2.24. The number of nitrogens with zero attached hydrogens (tertiary/aromatic N) is 2. The standard InChI is InChI=1S/C33H39N5O5S/c1-2-37(30-8-5-19-34-32(30)39)22-28-15-10-24-20-25(12-18-31(24)43-28)36-44(41,42)29-16-13-27(14-17-29)38-21-26(35-33(38)40)11-9-23-6-3-4-7-23/h5,8,12-14,16-21,23,28,36H,2-4,6-7,9-11,15,22H2,1H3,(H,34,39)(H,35,40). The molecule has 0 radical (unpaired) electrons. The number of hydrogen-bond donors (Lipinski definition) is 3. The number of nitrogens with one attached hydrogen (secondary N) is 3. The second kappa shape index (κ2) is 12.8. The molecule has 232 valence electrons. The van der Waals surface area contributed by atoms with Gasteiger partial charge in [0.1, 0.15) is 17.5 Å². The van der Waals surface area contributed by atoms with Crippen molar-refractivity contribution in [1.29, 1.82) is 0 Å². The quantitative estimate of drug-likeness (QED) is 0.217. The number of likely N-dealkylation sites (N-methyl/N-ethyl adjacent to an activating group) is 1. The van der Waals surface area contributed by atoms with E-state index in [-0.39, 0.29) is 22.2 Å². The van der Waals surface area contributed by atoms with Gasteiger partial charge >= 0.3 is 5.69 Å². The summed E-state index contributed by atoms with van der Waals surface area (Å²) in [6.45, 7) is 3.25. The maximum Gasteiger partial charge on any atom is 0.330 e. The van der Waals surface area contributed by atoms with E-state index in [1.807, 2.05) is 30.2 Å². The number of imidazole rings is 1. The Morgan fingerprint density at radius 2 is 1.84 bits per heavy atom. The van der Waals surface area contributed by atoms with E-state index in [9.17, 15) is 18.0 Å². The van der Waals surface area contributed by atoms with Crippen molar-refractivity contribution in [2.75, 3.05) is 22.7 Å². The molecule has 3 heterocycles. The van der Waals surface area contributed by atoms with E-state index < -0.39 is 10.0 Å². The topological polar surface area (TPSA) is 129 Å². The first kappa shape index (κ1) is 29.8. The maximum atomic E-state index is 13.2. The lowest BCUT2D eigenvalue weighted by molar-refractivity contribution is 0.178. The number of fused-ring (bicyclic) bond motifs is 1.